The van der Waals surface area contributed by atoms with Crippen LogP contribution >= 0.6 is 23.2 Å². The molecule has 2 aliphatic rings. The van der Waals surface area contributed by atoms with Crippen LogP contribution in [0.2, 0.25) is 10.0 Å². The minimum atomic E-state index is -0.543. The van der Waals surface area contributed by atoms with E-state index in [1.165, 1.54) is 5.56 Å². The molecule has 0 spiro atoms. The topological polar surface area (TPSA) is 60.9 Å². The van der Waals surface area contributed by atoms with Gasteiger partial charge in [-0.25, -0.2) is 0 Å². The summed E-state index contributed by atoms with van der Waals surface area (Å²) in [4.78, 5) is 41.6. The predicted octanol–water partition coefficient (Wildman–Crippen LogP) is 5.03. The monoisotopic (exact) mass is 529 g/mol. The third-order valence-electron chi connectivity index (χ3n) is 7.30. The van der Waals surface area contributed by atoms with Gasteiger partial charge < -0.3 is 19.4 Å². The van der Waals surface area contributed by atoms with E-state index in [1.807, 2.05) is 30.3 Å². The average Bonchev–Trinajstić information content (AvgIpc) is 3.23. The van der Waals surface area contributed by atoms with Gasteiger partial charge in [0.15, 0.2) is 0 Å². The van der Waals surface area contributed by atoms with E-state index >= 15 is 0 Å². The normalized spacial score (nSPS) is 16.8. The third kappa shape index (κ3) is 6.10. The number of hydrogen-bond acceptors (Lipinski definition) is 5. The molecule has 4 rings (SSSR count). The van der Waals surface area contributed by atoms with Crippen LogP contribution in [0.15, 0.2) is 36.4 Å². The fourth-order valence-corrected chi connectivity index (χ4v) is 5.65. The zero-order chi connectivity index (χ0) is 25.5. The second-order valence-corrected chi connectivity index (χ2v) is 10.3. The maximum Gasteiger partial charge on any atom is 0.255 e. The van der Waals surface area contributed by atoms with Crippen LogP contribution in [0, 0.1) is 0 Å². The molecule has 1 unspecified atom stereocenters. The van der Waals surface area contributed by atoms with Gasteiger partial charge in [0.05, 0.1) is 21.8 Å². The van der Waals surface area contributed by atoms with Crippen molar-refractivity contribution in [3.63, 3.8) is 0 Å². The SMILES string of the molecule is O=CCCC(C=O)N1Cc2c(CCCCCN3CCN(c4cccc(Cl)c4Cl)CC3)cccc2C1=O. The number of amides is 1. The number of hydrogen-bond donors (Lipinski definition) is 0. The van der Waals surface area contributed by atoms with E-state index in [-0.39, 0.29) is 12.3 Å². The minimum absolute atomic E-state index is 0.104. The quantitative estimate of drug-likeness (QED) is 0.285. The first kappa shape index (κ1) is 26.6. The van der Waals surface area contributed by atoms with Gasteiger partial charge in [-0.1, -0.05) is 47.8 Å². The van der Waals surface area contributed by atoms with Gasteiger partial charge in [-0.05, 0) is 61.6 Å². The molecule has 0 aromatic heterocycles. The molecule has 1 saturated heterocycles. The van der Waals surface area contributed by atoms with Crippen LogP contribution < -0.4 is 4.90 Å². The van der Waals surface area contributed by atoms with Gasteiger partial charge in [0.25, 0.3) is 5.91 Å². The van der Waals surface area contributed by atoms with Crippen molar-refractivity contribution in [2.45, 2.75) is 51.1 Å². The Hall–Kier alpha value is -2.41. The Bertz CT molecular complexity index is 1090. The van der Waals surface area contributed by atoms with Gasteiger partial charge in [0.2, 0.25) is 0 Å². The van der Waals surface area contributed by atoms with Crippen LogP contribution in [0.1, 0.15) is 53.6 Å². The fourth-order valence-electron chi connectivity index (χ4n) is 5.23. The summed E-state index contributed by atoms with van der Waals surface area (Å²) in [6.07, 6.45) is 6.48. The highest BCUT2D eigenvalue weighted by Gasteiger charge is 2.33. The lowest BCUT2D eigenvalue weighted by Crippen LogP contribution is -2.46. The van der Waals surface area contributed by atoms with Gasteiger partial charge in [-0.3, -0.25) is 9.69 Å². The largest absolute Gasteiger partial charge is 0.368 e. The van der Waals surface area contributed by atoms with E-state index < -0.39 is 6.04 Å². The van der Waals surface area contributed by atoms with Crippen molar-refractivity contribution in [3.8, 4) is 0 Å². The van der Waals surface area contributed by atoms with E-state index in [0.717, 1.165) is 82.2 Å². The molecule has 0 aliphatic carbocycles. The highest BCUT2D eigenvalue weighted by molar-refractivity contribution is 6.43. The van der Waals surface area contributed by atoms with E-state index in [4.69, 9.17) is 23.2 Å². The lowest BCUT2D eigenvalue weighted by molar-refractivity contribution is -0.112. The maximum absolute atomic E-state index is 12.9. The van der Waals surface area contributed by atoms with Crippen LogP contribution in [0.25, 0.3) is 0 Å². The Morgan fingerprint density at radius 3 is 2.47 bits per heavy atom. The molecule has 2 heterocycles. The molecule has 0 bridgehead atoms. The molecule has 1 fully saturated rings. The van der Waals surface area contributed by atoms with Gasteiger partial charge in [0, 0.05) is 44.7 Å². The van der Waals surface area contributed by atoms with Crippen molar-refractivity contribution >= 4 is 47.4 Å². The Balaban J connectivity index is 1.21. The lowest BCUT2D eigenvalue weighted by atomic mass is 9.98. The Kier molecular flexibility index (Phi) is 9.41. The standard InChI is InChI=1S/C28H33Cl2N3O3/c29-25-11-5-12-26(27(25)30)32-16-14-31(15-17-32)13-3-1-2-7-21-8-4-10-23-24(21)19-33(28(23)36)22(20-35)9-6-18-34/h4-5,8,10-12,18,20,22H,1-3,6-7,9,13-17,19H2. The first-order valence-corrected chi connectivity index (χ1v) is 13.5. The zero-order valence-corrected chi connectivity index (χ0v) is 22.0. The summed E-state index contributed by atoms with van der Waals surface area (Å²) in [5.74, 6) is -0.104. The van der Waals surface area contributed by atoms with E-state index in [2.05, 4.69) is 15.9 Å². The predicted molar refractivity (Wildman–Crippen MR) is 144 cm³/mol. The number of carbonyl (C=O) groups is 3. The molecule has 36 heavy (non-hydrogen) atoms. The minimum Gasteiger partial charge on any atom is -0.368 e. The van der Waals surface area contributed by atoms with E-state index in [9.17, 15) is 14.4 Å². The molecule has 2 aromatic carbocycles. The summed E-state index contributed by atoms with van der Waals surface area (Å²) >= 11 is 12.6. The van der Waals surface area contributed by atoms with Crippen molar-refractivity contribution in [1.29, 1.82) is 0 Å². The number of aryl methyl sites for hydroxylation is 1. The van der Waals surface area contributed by atoms with Gasteiger partial charge in [0.1, 0.15) is 12.6 Å². The van der Waals surface area contributed by atoms with Crippen LogP contribution in [0.3, 0.4) is 0 Å². The smallest absolute Gasteiger partial charge is 0.255 e. The van der Waals surface area contributed by atoms with Crippen LogP contribution in [0.5, 0.6) is 0 Å². The highest BCUT2D eigenvalue weighted by atomic mass is 35.5. The Morgan fingerprint density at radius 1 is 0.944 bits per heavy atom. The molecule has 0 N–H and O–H groups in total. The zero-order valence-electron chi connectivity index (χ0n) is 20.5. The number of carbonyl (C=O) groups excluding carboxylic acids is 3. The fraction of sp³-hybridized carbons (Fsp3) is 0.464. The second kappa shape index (κ2) is 12.7. The summed E-state index contributed by atoms with van der Waals surface area (Å²) in [6, 6.07) is 11.1. The third-order valence-corrected chi connectivity index (χ3v) is 8.10. The lowest BCUT2D eigenvalue weighted by Gasteiger charge is -2.36. The number of halogens is 2. The number of fused-ring (bicyclic) bond motifs is 1. The molecule has 6 nitrogen and oxygen atoms in total. The first-order valence-electron chi connectivity index (χ1n) is 12.8. The summed E-state index contributed by atoms with van der Waals surface area (Å²) < 4.78 is 0. The number of unbranched alkanes of at least 4 members (excludes halogenated alkanes) is 2. The van der Waals surface area contributed by atoms with E-state index in [1.54, 1.807) is 4.90 Å². The molecule has 1 amide bonds. The number of anilines is 1. The van der Waals surface area contributed by atoms with Crippen molar-refractivity contribution in [3.05, 3.63) is 63.1 Å². The molecule has 0 saturated carbocycles. The average molecular weight is 530 g/mol. The highest BCUT2D eigenvalue weighted by Crippen LogP contribution is 2.33. The maximum atomic E-state index is 12.9. The molecule has 0 radical (unpaired) electrons. The summed E-state index contributed by atoms with van der Waals surface area (Å²) in [5.41, 5.74) is 3.94. The number of rotatable bonds is 12. The van der Waals surface area contributed by atoms with E-state index in [0.29, 0.717) is 28.6 Å². The second-order valence-electron chi connectivity index (χ2n) is 9.54. The molecule has 1 atom stereocenters. The Labute approximate surface area is 223 Å². The molecule has 2 aliphatic heterocycles. The van der Waals surface area contributed by atoms with Crippen LogP contribution in [-0.4, -0.2) is 67.0 Å². The number of piperazine rings is 1. The van der Waals surface area contributed by atoms with Gasteiger partial charge in [-0.2, -0.15) is 0 Å². The molecule has 2 aromatic rings. The molecular weight excluding hydrogens is 497 g/mol. The Morgan fingerprint density at radius 2 is 1.72 bits per heavy atom. The summed E-state index contributed by atoms with van der Waals surface area (Å²) in [6.45, 7) is 5.43. The van der Waals surface area contributed by atoms with Crippen molar-refractivity contribution < 1.29 is 14.4 Å². The summed E-state index contributed by atoms with van der Waals surface area (Å²) in [7, 11) is 0. The van der Waals surface area contributed by atoms with Crippen molar-refractivity contribution in [1.82, 2.24) is 9.80 Å². The van der Waals surface area contributed by atoms with Gasteiger partial charge in [-0.15, -0.1) is 0 Å². The molecular formula is C28H33Cl2N3O3. The van der Waals surface area contributed by atoms with Crippen LogP contribution in [0.4, 0.5) is 5.69 Å². The first-order chi connectivity index (χ1) is 17.5. The number of aldehydes is 2. The van der Waals surface area contributed by atoms with Crippen molar-refractivity contribution in [2.24, 2.45) is 0 Å². The molecule has 192 valence electrons. The van der Waals surface area contributed by atoms with Gasteiger partial charge >= 0.3 is 0 Å². The molecule has 8 heteroatoms. The number of nitrogens with zero attached hydrogens (tertiary/aromatic N) is 3. The number of benzene rings is 2. The van der Waals surface area contributed by atoms with Crippen LogP contribution in [-0.2, 0) is 22.6 Å². The van der Waals surface area contributed by atoms with Crippen molar-refractivity contribution in [2.75, 3.05) is 37.6 Å². The summed E-state index contributed by atoms with van der Waals surface area (Å²) in [5, 5.41) is 1.23.